The fraction of sp³-hybridized carbons (Fsp3) is 0.143. The lowest BCUT2D eigenvalue weighted by molar-refractivity contribution is 0.214. The van der Waals surface area contributed by atoms with Gasteiger partial charge in [0, 0.05) is 23.2 Å². The number of aliphatic hydroxyl groups is 1. The smallest absolute Gasteiger partial charge is 0.202 e. The summed E-state index contributed by atoms with van der Waals surface area (Å²) in [6.07, 6.45) is -0.896. The number of aromatic hydroxyl groups is 3. The molecule has 0 aromatic heterocycles. The van der Waals surface area contributed by atoms with Crippen molar-refractivity contribution in [1.82, 2.24) is 0 Å². The second-order valence-corrected chi connectivity index (χ2v) is 4.85. The van der Waals surface area contributed by atoms with E-state index in [2.05, 4.69) is 0 Å². The number of aliphatic hydroxyl groups excluding tert-OH is 1. The molecule has 0 amide bonds. The van der Waals surface area contributed by atoms with Crippen molar-refractivity contribution in [3.63, 3.8) is 0 Å². The molecule has 104 valence electrons. The number of hydrogen-bond donors (Lipinski definition) is 6. The minimum absolute atomic E-state index is 0.143. The summed E-state index contributed by atoms with van der Waals surface area (Å²) < 4.78 is 0. The summed E-state index contributed by atoms with van der Waals surface area (Å²) in [5.74, 6) is -1.81. The Bertz CT molecular complexity index is 728. The maximum absolute atomic E-state index is 10.4. The molecule has 8 N–H and O–H groups in total. The predicted molar refractivity (Wildman–Crippen MR) is 73.6 cm³/mol. The Morgan fingerprint density at radius 2 is 1.65 bits per heavy atom. The number of hydrogen-bond acceptors (Lipinski definition) is 6. The molecule has 0 saturated heterocycles. The molecule has 6 heteroatoms. The van der Waals surface area contributed by atoms with Gasteiger partial charge in [-0.3, -0.25) is 0 Å². The quantitative estimate of drug-likeness (QED) is 0.241. The number of nitrogen functional groups attached to an aromatic ring is 2. The van der Waals surface area contributed by atoms with E-state index >= 15 is 0 Å². The topological polar surface area (TPSA) is 133 Å². The standard InChI is InChI=1S/C14H14N2O4/c15-8-3-1-2-5-6(8)4-7-9(11(5)17)10(16)13(19)14(20)12(7)18/h1-3,11,17-20H,4,15-16H2. The first-order chi connectivity index (χ1) is 9.43. The molecule has 0 saturated carbocycles. The fourth-order valence-electron chi connectivity index (χ4n) is 2.71. The Hall–Kier alpha value is -2.60. The van der Waals surface area contributed by atoms with E-state index in [1.165, 1.54) is 0 Å². The maximum Gasteiger partial charge on any atom is 0.202 e. The summed E-state index contributed by atoms with van der Waals surface area (Å²) in [4.78, 5) is 0. The molecule has 1 atom stereocenters. The van der Waals surface area contributed by atoms with E-state index in [-0.39, 0.29) is 23.2 Å². The molecule has 0 bridgehead atoms. The van der Waals surface area contributed by atoms with Crippen molar-refractivity contribution in [2.45, 2.75) is 12.5 Å². The summed E-state index contributed by atoms with van der Waals surface area (Å²) in [5.41, 5.74) is 13.7. The molecule has 0 aliphatic heterocycles. The van der Waals surface area contributed by atoms with Gasteiger partial charge in [-0.2, -0.15) is 0 Å². The van der Waals surface area contributed by atoms with Crippen molar-refractivity contribution >= 4 is 11.4 Å². The number of anilines is 2. The van der Waals surface area contributed by atoms with Crippen LogP contribution in [0.25, 0.3) is 0 Å². The maximum atomic E-state index is 10.4. The van der Waals surface area contributed by atoms with Gasteiger partial charge in [0.1, 0.15) is 6.10 Å². The summed E-state index contributed by atoms with van der Waals surface area (Å²) in [6.45, 7) is 0. The fourth-order valence-corrected chi connectivity index (χ4v) is 2.71. The predicted octanol–water partition coefficient (Wildman–Crippen LogP) is 0.954. The molecule has 0 spiro atoms. The molecule has 1 aliphatic rings. The summed E-state index contributed by atoms with van der Waals surface area (Å²) >= 11 is 0. The van der Waals surface area contributed by atoms with Gasteiger partial charge in [0.2, 0.25) is 5.75 Å². The van der Waals surface area contributed by atoms with Crippen LogP contribution in [0.5, 0.6) is 17.2 Å². The van der Waals surface area contributed by atoms with E-state index in [0.717, 1.165) is 0 Å². The highest BCUT2D eigenvalue weighted by Gasteiger charge is 2.32. The van der Waals surface area contributed by atoms with Gasteiger partial charge in [0.15, 0.2) is 11.5 Å². The van der Waals surface area contributed by atoms with Crippen molar-refractivity contribution in [1.29, 1.82) is 0 Å². The van der Waals surface area contributed by atoms with E-state index in [4.69, 9.17) is 11.5 Å². The van der Waals surface area contributed by atoms with Gasteiger partial charge in [-0.15, -0.1) is 0 Å². The molecule has 1 unspecified atom stereocenters. The lowest BCUT2D eigenvalue weighted by Gasteiger charge is -2.28. The third-order valence-corrected chi connectivity index (χ3v) is 3.77. The van der Waals surface area contributed by atoms with Crippen LogP contribution in [-0.2, 0) is 6.42 Å². The first kappa shape index (κ1) is 12.4. The summed E-state index contributed by atoms with van der Waals surface area (Å²) in [6, 6.07) is 5.11. The van der Waals surface area contributed by atoms with Crippen LogP contribution in [-0.4, -0.2) is 20.4 Å². The molecule has 2 aromatic carbocycles. The molecular weight excluding hydrogens is 260 g/mol. The van der Waals surface area contributed by atoms with E-state index in [9.17, 15) is 20.4 Å². The average Bonchev–Trinajstić information content (AvgIpc) is 2.43. The first-order valence-corrected chi connectivity index (χ1v) is 6.03. The molecule has 0 heterocycles. The zero-order valence-electron chi connectivity index (χ0n) is 10.5. The zero-order chi connectivity index (χ0) is 14.6. The number of rotatable bonds is 0. The summed E-state index contributed by atoms with van der Waals surface area (Å²) in [5, 5.41) is 39.7. The van der Waals surface area contributed by atoms with Crippen LogP contribution in [0.1, 0.15) is 28.4 Å². The Kier molecular flexibility index (Phi) is 2.45. The van der Waals surface area contributed by atoms with Crippen molar-refractivity contribution in [2.24, 2.45) is 0 Å². The van der Waals surface area contributed by atoms with Crippen LogP contribution in [0, 0.1) is 0 Å². The Morgan fingerprint density at radius 3 is 2.35 bits per heavy atom. The molecule has 20 heavy (non-hydrogen) atoms. The second kappa shape index (κ2) is 3.94. The average molecular weight is 274 g/mol. The number of phenols is 3. The Labute approximate surface area is 114 Å². The van der Waals surface area contributed by atoms with Crippen LogP contribution in [0.15, 0.2) is 18.2 Å². The molecule has 0 radical (unpaired) electrons. The van der Waals surface area contributed by atoms with Gasteiger partial charge < -0.3 is 31.9 Å². The third kappa shape index (κ3) is 1.42. The minimum atomic E-state index is -1.12. The molecule has 1 aliphatic carbocycles. The van der Waals surface area contributed by atoms with E-state index in [0.29, 0.717) is 16.8 Å². The highest BCUT2D eigenvalue weighted by molar-refractivity contribution is 5.76. The van der Waals surface area contributed by atoms with Crippen molar-refractivity contribution in [3.05, 3.63) is 40.5 Å². The van der Waals surface area contributed by atoms with Gasteiger partial charge in [-0.25, -0.2) is 0 Å². The normalized spacial score (nSPS) is 16.6. The van der Waals surface area contributed by atoms with Gasteiger partial charge in [-0.1, -0.05) is 12.1 Å². The van der Waals surface area contributed by atoms with Gasteiger partial charge in [0.25, 0.3) is 0 Å². The molecule has 3 rings (SSSR count). The molecule has 2 aromatic rings. The van der Waals surface area contributed by atoms with E-state index in [1.807, 2.05) is 0 Å². The SMILES string of the molecule is Nc1cccc2c1Cc1c(O)c(O)c(O)c(N)c1C2O. The minimum Gasteiger partial charge on any atom is -0.504 e. The summed E-state index contributed by atoms with van der Waals surface area (Å²) in [7, 11) is 0. The van der Waals surface area contributed by atoms with E-state index in [1.54, 1.807) is 18.2 Å². The number of nitrogens with two attached hydrogens (primary N) is 2. The highest BCUT2D eigenvalue weighted by atomic mass is 16.3. The molecule has 0 fully saturated rings. The molecule has 6 nitrogen and oxygen atoms in total. The Balaban J connectivity index is 2.34. The monoisotopic (exact) mass is 274 g/mol. The third-order valence-electron chi connectivity index (χ3n) is 3.77. The van der Waals surface area contributed by atoms with Gasteiger partial charge >= 0.3 is 0 Å². The van der Waals surface area contributed by atoms with Gasteiger partial charge in [0.05, 0.1) is 5.69 Å². The number of phenolic OH excluding ortho intramolecular Hbond substituents is 3. The van der Waals surface area contributed by atoms with Crippen molar-refractivity contribution in [3.8, 4) is 17.2 Å². The Morgan fingerprint density at radius 1 is 0.950 bits per heavy atom. The molecular formula is C14H14N2O4. The number of benzene rings is 2. The van der Waals surface area contributed by atoms with E-state index < -0.39 is 23.4 Å². The van der Waals surface area contributed by atoms with Crippen molar-refractivity contribution in [2.75, 3.05) is 11.5 Å². The van der Waals surface area contributed by atoms with Crippen LogP contribution in [0.3, 0.4) is 0 Å². The highest BCUT2D eigenvalue weighted by Crippen LogP contribution is 2.51. The lowest BCUT2D eigenvalue weighted by atomic mass is 9.81. The lowest BCUT2D eigenvalue weighted by Crippen LogP contribution is -2.17. The van der Waals surface area contributed by atoms with Crippen LogP contribution >= 0.6 is 0 Å². The van der Waals surface area contributed by atoms with Gasteiger partial charge in [-0.05, 0) is 17.2 Å². The van der Waals surface area contributed by atoms with Crippen LogP contribution in [0.2, 0.25) is 0 Å². The first-order valence-electron chi connectivity index (χ1n) is 6.03. The number of fused-ring (bicyclic) bond motifs is 2. The largest absolute Gasteiger partial charge is 0.504 e. The zero-order valence-corrected chi connectivity index (χ0v) is 10.5. The van der Waals surface area contributed by atoms with Crippen LogP contribution < -0.4 is 11.5 Å². The second-order valence-electron chi connectivity index (χ2n) is 4.85. The van der Waals surface area contributed by atoms with Crippen molar-refractivity contribution < 1.29 is 20.4 Å². The van der Waals surface area contributed by atoms with Crippen LogP contribution in [0.4, 0.5) is 11.4 Å².